The normalized spacial score (nSPS) is 31.0. The van der Waals surface area contributed by atoms with Gasteiger partial charge in [0.25, 0.3) is 0 Å². The summed E-state index contributed by atoms with van der Waals surface area (Å²) in [6, 6.07) is 0.360. The molecule has 2 fully saturated rings. The molecule has 0 bridgehead atoms. The van der Waals surface area contributed by atoms with Gasteiger partial charge in [-0.3, -0.25) is 0 Å². The number of amides is 2. The molecule has 1 saturated heterocycles. The van der Waals surface area contributed by atoms with Gasteiger partial charge in [-0.25, -0.2) is 4.79 Å². The van der Waals surface area contributed by atoms with E-state index in [0.717, 1.165) is 32.3 Å². The highest BCUT2D eigenvalue weighted by Gasteiger charge is 2.30. The molecule has 4 nitrogen and oxygen atoms in total. The summed E-state index contributed by atoms with van der Waals surface area (Å²) in [4.78, 5) is 11.5. The summed E-state index contributed by atoms with van der Waals surface area (Å²) in [5, 5.41) is 5.84. The summed E-state index contributed by atoms with van der Waals surface area (Å²) >= 11 is 0. The maximum absolute atomic E-state index is 11.5. The van der Waals surface area contributed by atoms with E-state index in [0.29, 0.717) is 12.6 Å². The maximum Gasteiger partial charge on any atom is 0.315 e. The fourth-order valence-electron chi connectivity index (χ4n) is 2.03. The van der Waals surface area contributed by atoms with Crippen molar-refractivity contribution in [2.24, 2.45) is 0 Å². The van der Waals surface area contributed by atoms with Crippen molar-refractivity contribution < 1.29 is 9.53 Å². The van der Waals surface area contributed by atoms with E-state index in [1.807, 2.05) is 0 Å². The predicted molar refractivity (Wildman–Crippen MR) is 57.8 cm³/mol. The van der Waals surface area contributed by atoms with Gasteiger partial charge in [0.15, 0.2) is 0 Å². The average molecular weight is 212 g/mol. The first-order chi connectivity index (χ1) is 7.18. The lowest BCUT2D eigenvalue weighted by molar-refractivity contribution is 0.0227. The van der Waals surface area contributed by atoms with Crippen LogP contribution in [0.15, 0.2) is 0 Å². The maximum atomic E-state index is 11.5. The number of carbonyl (C=O) groups is 1. The lowest BCUT2D eigenvalue weighted by Crippen LogP contribution is -2.49. The topological polar surface area (TPSA) is 50.4 Å². The first-order valence-corrected chi connectivity index (χ1v) is 5.86. The van der Waals surface area contributed by atoms with Crippen molar-refractivity contribution in [2.45, 2.75) is 50.7 Å². The standard InChI is InChI=1S/C11H20N2O2/c1-11(6-3-7-15-11)8-12-10(14)13-9-4-2-5-9/h9H,2-8H2,1H3,(H2,12,13,14). The lowest BCUT2D eigenvalue weighted by atomic mass is 9.93. The summed E-state index contributed by atoms with van der Waals surface area (Å²) in [5.74, 6) is 0. The summed E-state index contributed by atoms with van der Waals surface area (Å²) in [6.07, 6.45) is 5.63. The second kappa shape index (κ2) is 4.39. The monoisotopic (exact) mass is 212 g/mol. The zero-order chi connectivity index (χ0) is 10.7. The predicted octanol–water partition coefficient (Wildman–Crippen LogP) is 1.41. The third-order valence-electron chi connectivity index (χ3n) is 3.36. The molecule has 2 rings (SSSR count). The number of nitrogens with one attached hydrogen (secondary N) is 2. The van der Waals surface area contributed by atoms with Crippen LogP contribution >= 0.6 is 0 Å². The third-order valence-corrected chi connectivity index (χ3v) is 3.36. The molecule has 86 valence electrons. The summed E-state index contributed by atoms with van der Waals surface area (Å²) in [6.45, 7) is 3.50. The molecule has 1 aliphatic carbocycles. The molecule has 0 spiro atoms. The van der Waals surface area contributed by atoms with Gasteiger partial charge in [0.2, 0.25) is 0 Å². The first kappa shape index (κ1) is 10.7. The van der Waals surface area contributed by atoms with E-state index in [1.165, 1.54) is 6.42 Å². The Bertz CT molecular complexity index is 233. The Kier molecular flexibility index (Phi) is 3.14. The fraction of sp³-hybridized carbons (Fsp3) is 0.909. The largest absolute Gasteiger partial charge is 0.373 e. The van der Waals surface area contributed by atoms with Crippen LogP contribution in [-0.2, 0) is 4.74 Å². The highest BCUT2D eigenvalue weighted by atomic mass is 16.5. The van der Waals surface area contributed by atoms with Crippen LogP contribution in [0.5, 0.6) is 0 Å². The van der Waals surface area contributed by atoms with Crippen molar-refractivity contribution in [1.29, 1.82) is 0 Å². The molecular formula is C11H20N2O2. The van der Waals surface area contributed by atoms with Gasteiger partial charge in [-0.2, -0.15) is 0 Å². The van der Waals surface area contributed by atoms with Gasteiger partial charge in [-0.15, -0.1) is 0 Å². The highest BCUT2D eigenvalue weighted by molar-refractivity contribution is 5.74. The van der Waals surface area contributed by atoms with Gasteiger partial charge < -0.3 is 15.4 Å². The van der Waals surface area contributed by atoms with Crippen molar-refractivity contribution in [3.05, 3.63) is 0 Å². The van der Waals surface area contributed by atoms with E-state index in [1.54, 1.807) is 0 Å². The molecule has 0 aromatic heterocycles. The van der Waals surface area contributed by atoms with Gasteiger partial charge in [0.1, 0.15) is 0 Å². The minimum absolute atomic E-state index is 0.0450. The summed E-state index contributed by atoms with van der Waals surface area (Å²) in [7, 11) is 0. The molecule has 15 heavy (non-hydrogen) atoms. The molecule has 1 atom stereocenters. The van der Waals surface area contributed by atoms with Gasteiger partial charge in [-0.1, -0.05) is 0 Å². The van der Waals surface area contributed by atoms with Gasteiger partial charge in [-0.05, 0) is 39.0 Å². The van der Waals surface area contributed by atoms with Crippen LogP contribution < -0.4 is 10.6 Å². The zero-order valence-electron chi connectivity index (χ0n) is 9.34. The Morgan fingerprint density at radius 3 is 2.80 bits per heavy atom. The third kappa shape index (κ3) is 2.84. The number of ether oxygens (including phenoxy) is 1. The Labute approximate surface area is 90.8 Å². The molecule has 1 aliphatic heterocycles. The SMILES string of the molecule is CC1(CNC(=O)NC2CCC2)CCCO1. The molecule has 2 N–H and O–H groups in total. The van der Waals surface area contributed by atoms with Crippen molar-refractivity contribution in [1.82, 2.24) is 10.6 Å². The summed E-state index contributed by atoms with van der Waals surface area (Å²) in [5.41, 5.74) is -0.142. The molecular weight excluding hydrogens is 192 g/mol. The second-order valence-electron chi connectivity index (χ2n) is 4.86. The Hall–Kier alpha value is -0.770. The van der Waals surface area contributed by atoms with Crippen LogP contribution in [0.1, 0.15) is 39.0 Å². The van der Waals surface area contributed by atoms with Gasteiger partial charge >= 0.3 is 6.03 Å². The number of hydrogen-bond donors (Lipinski definition) is 2. The van der Waals surface area contributed by atoms with Crippen LogP contribution in [0.3, 0.4) is 0 Å². The van der Waals surface area contributed by atoms with Gasteiger partial charge in [0, 0.05) is 19.2 Å². The minimum atomic E-state index is -0.142. The quantitative estimate of drug-likeness (QED) is 0.743. The highest BCUT2D eigenvalue weighted by Crippen LogP contribution is 2.24. The van der Waals surface area contributed by atoms with E-state index in [-0.39, 0.29) is 11.6 Å². The van der Waals surface area contributed by atoms with Crippen LogP contribution in [-0.4, -0.2) is 30.8 Å². The molecule has 2 amide bonds. The van der Waals surface area contributed by atoms with Crippen molar-refractivity contribution in [3.63, 3.8) is 0 Å². The second-order valence-corrected chi connectivity index (χ2v) is 4.86. The number of carbonyl (C=O) groups excluding carboxylic acids is 1. The van der Waals surface area contributed by atoms with Crippen molar-refractivity contribution in [2.75, 3.05) is 13.2 Å². The molecule has 1 unspecified atom stereocenters. The number of hydrogen-bond acceptors (Lipinski definition) is 2. The van der Waals surface area contributed by atoms with Gasteiger partial charge in [0.05, 0.1) is 5.60 Å². The van der Waals surface area contributed by atoms with E-state index in [2.05, 4.69) is 17.6 Å². The van der Waals surface area contributed by atoms with E-state index < -0.39 is 0 Å². The van der Waals surface area contributed by atoms with Crippen LogP contribution in [0, 0.1) is 0 Å². The smallest absolute Gasteiger partial charge is 0.315 e. The Balaban J connectivity index is 1.65. The van der Waals surface area contributed by atoms with E-state index in [4.69, 9.17) is 4.74 Å². The Morgan fingerprint density at radius 2 is 2.27 bits per heavy atom. The zero-order valence-corrected chi connectivity index (χ0v) is 9.34. The van der Waals surface area contributed by atoms with E-state index in [9.17, 15) is 4.79 Å². The number of rotatable bonds is 3. The number of urea groups is 1. The van der Waals surface area contributed by atoms with Crippen molar-refractivity contribution >= 4 is 6.03 Å². The van der Waals surface area contributed by atoms with Crippen LogP contribution in [0.2, 0.25) is 0 Å². The summed E-state index contributed by atoms with van der Waals surface area (Å²) < 4.78 is 5.59. The lowest BCUT2D eigenvalue weighted by Gasteiger charge is -2.28. The molecule has 4 heteroatoms. The van der Waals surface area contributed by atoms with Crippen LogP contribution in [0.4, 0.5) is 4.79 Å². The molecule has 0 radical (unpaired) electrons. The molecule has 2 aliphatic rings. The molecule has 1 heterocycles. The Morgan fingerprint density at radius 1 is 1.47 bits per heavy atom. The van der Waals surface area contributed by atoms with E-state index >= 15 is 0 Å². The molecule has 0 aromatic rings. The van der Waals surface area contributed by atoms with Crippen LogP contribution in [0.25, 0.3) is 0 Å². The van der Waals surface area contributed by atoms with Crippen molar-refractivity contribution in [3.8, 4) is 0 Å². The first-order valence-electron chi connectivity index (χ1n) is 5.86. The molecule has 0 aromatic carbocycles. The minimum Gasteiger partial charge on any atom is -0.373 e. The fourth-order valence-corrected chi connectivity index (χ4v) is 2.03. The average Bonchev–Trinajstić information content (AvgIpc) is 2.57. The molecule has 1 saturated carbocycles.